The number of pyridine rings is 1. The summed E-state index contributed by atoms with van der Waals surface area (Å²) in [5.41, 5.74) is 6.47. The maximum Gasteiger partial charge on any atom is 0.356 e. The standard InChI is InChI=1S/C15H12ClN3O3/c16-9-3-1-4-10(7-9)22-8-12-18-13(15(20)21)14-11(17)5-2-6-19(12)14/h1-7H,8,17H2,(H,20,21). The van der Waals surface area contributed by atoms with Crippen LogP contribution in [0.3, 0.4) is 0 Å². The monoisotopic (exact) mass is 317 g/mol. The second-order valence-corrected chi connectivity index (χ2v) is 5.05. The van der Waals surface area contributed by atoms with Crippen molar-refractivity contribution < 1.29 is 14.6 Å². The highest BCUT2D eigenvalue weighted by Crippen LogP contribution is 2.22. The Kier molecular flexibility index (Phi) is 3.60. The molecular weight excluding hydrogens is 306 g/mol. The number of carboxylic acid groups (broad SMARTS) is 1. The first kappa shape index (κ1) is 14.2. The summed E-state index contributed by atoms with van der Waals surface area (Å²) in [4.78, 5) is 15.4. The van der Waals surface area contributed by atoms with Crippen LogP contribution in [0.25, 0.3) is 5.52 Å². The molecule has 3 rings (SSSR count). The van der Waals surface area contributed by atoms with Crippen LogP contribution in [-0.2, 0) is 6.61 Å². The topological polar surface area (TPSA) is 89.9 Å². The molecular formula is C15H12ClN3O3. The molecule has 0 radical (unpaired) electrons. The number of imidazole rings is 1. The van der Waals surface area contributed by atoms with Gasteiger partial charge in [-0.2, -0.15) is 0 Å². The maximum absolute atomic E-state index is 11.3. The quantitative estimate of drug-likeness (QED) is 0.772. The Balaban J connectivity index is 1.97. The lowest BCUT2D eigenvalue weighted by Crippen LogP contribution is -2.01. The van der Waals surface area contributed by atoms with Crippen LogP contribution in [0.4, 0.5) is 5.69 Å². The van der Waals surface area contributed by atoms with E-state index in [9.17, 15) is 9.90 Å². The number of nitrogen functional groups attached to an aromatic ring is 1. The van der Waals surface area contributed by atoms with Crippen LogP contribution in [0.1, 0.15) is 16.3 Å². The number of benzene rings is 1. The van der Waals surface area contributed by atoms with Crippen LogP contribution in [0.15, 0.2) is 42.6 Å². The highest BCUT2D eigenvalue weighted by Gasteiger charge is 2.18. The average molecular weight is 318 g/mol. The molecule has 2 aromatic heterocycles. The number of hydrogen-bond donors (Lipinski definition) is 2. The molecule has 1 aromatic carbocycles. The number of hydrogen-bond acceptors (Lipinski definition) is 4. The Bertz CT molecular complexity index is 860. The first-order valence-electron chi connectivity index (χ1n) is 6.43. The van der Waals surface area contributed by atoms with Gasteiger partial charge in [-0.3, -0.25) is 4.40 Å². The zero-order valence-corrected chi connectivity index (χ0v) is 12.1. The molecule has 22 heavy (non-hydrogen) atoms. The highest BCUT2D eigenvalue weighted by atomic mass is 35.5. The summed E-state index contributed by atoms with van der Waals surface area (Å²) in [6.45, 7) is 0.0955. The number of rotatable bonds is 4. The molecule has 3 N–H and O–H groups in total. The molecule has 6 nitrogen and oxygen atoms in total. The van der Waals surface area contributed by atoms with Crippen molar-refractivity contribution in [2.45, 2.75) is 6.61 Å². The van der Waals surface area contributed by atoms with E-state index in [1.807, 2.05) is 0 Å². The number of nitrogens with two attached hydrogens (primary N) is 1. The van der Waals surface area contributed by atoms with Crippen LogP contribution in [0, 0.1) is 0 Å². The number of carbonyl (C=O) groups is 1. The van der Waals surface area contributed by atoms with Gasteiger partial charge >= 0.3 is 5.97 Å². The average Bonchev–Trinajstić information content (AvgIpc) is 2.86. The van der Waals surface area contributed by atoms with Crippen molar-refractivity contribution in [3.05, 3.63) is 59.1 Å². The fourth-order valence-electron chi connectivity index (χ4n) is 2.18. The van der Waals surface area contributed by atoms with E-state index in [-0.39, 0.29) is 12.3 Å². The second-order valence-electron chi connectivity index (χ2n) is 4.61. The SMILES string of the molecule is Nc1cccn2c(COc3cccc(Cl)c3)nc(C(=O)O)c12. The van der Waals surface area contributed by atoms with Gasteiger partial charge in [0, 0.05) is 11.2 Å². The predicted octanol–water partition coefficient (Wildman–Crippen LogP) is 2.85. The van der Waals surface area contributed by atoms with Gasteiger partial charge in [-0.15, -0.1) is 0 Å². The van der Waals surface area contributed by atoms with Crippen molar-refractivity contribution in [3.63, 3.8) is 0 Å². The van der Waals surface area contributed by atoms with Crippen LogP contribution in [0.5, 0.6) is 5.75 Å². The summed E-state index contributed by atoms with van der Waals surface area (Å²) in [5.74, 6) is -0.117. The van der Waals surface area contributed by atoms with Crippen molar-refractivity contribution in [2.75, 3.05) is 5.73 Å². The third kappa shape index (κ3) is 2.56. The number of nitrogens with zero attached hydrogens (tertiary/aromatic N) is 2. The Labute approximate surface area is 130 Å². The van der Waals surface area contributed by atoms with Gasteiger partial charge in [0.25, 0.3) is 0 Å². The highest BCUT2D eigenvalue weighted by molar-refractivity contribution is 6.30. The molecule has 7 heteroatoms. The molecule has 0 saturated heterocycles. The smallest absolute Gasteiger partial charge is 0.356 e. The summed E-state index contributed by atoms with van der Waals surface area (Å²) in [5, 5.41) is 9.81. The zero-order valence-electron chi connectivity index (χ0n) is 11.4. The van der Waals surface area contributed by atoms with Gasteiger partial charge in [0.1, 0.15) is 17.9 Å². The molecule has 2 heterocycles. The van der Waals surface area contributed by atoms with Gasteiger partial charge in [0.2, 0.25) is 0 Å². The molecule has 0 fully saturated rings. The van der Waals surface area contributed by atoms with Gasteiger partial charge < -0.3 is 15.6 Å². The lowest BCUT2D eigenvalue weighted by atomic mass is 10.3. The number of aromatic nitrogens is 2. The number of fused-ring (bicyclic) bond motifs is 1. The fourth-order valence-corrected chi connectivity index (χ4v) is 2.36. The largest absolute Gasteiger partial charge is 0.486 e. The van der Waals surface area contributed by atoms with Crippen molar-refractivity contribution in [3.8, 4) is 5.75 Å². The summed E-state index contributed by atoms with van der Waals surface area (Å²) in [7, 11) is 0. The van der Waals surface area contributed by atoms with Crippen molar-refractivity contribution >= 4 is 28.8 Å². The minimum Gasteiger partial charge on any atom is -0.486 e. The third-order valence-corrected chi connectivity index (χ3v) is 3.37. The van der Waals surface area contributed by atoms with Crippen LogP contribution in [0.2, 0.25) is 5.02 Å². The van der Waals surface area contributed by atoms with Crippen molar-refractivity contribution in [1.29, 1.82) is 0 Å². The van der Waals surface area contributed by atoms with E-state index in [4.69, 9.17) is 22.1 Å². The predicted molar refractivity (Wildman–Crippen MR) is 82.3 cm³/mol. The molecule has 0 aliphatic rings. The van der Waals surface area contributed by atoms with E-state index in [0.717, 1.165) is 0 Å². The van der Waals surface area contributed by atoms with E-state index in [1.165, 1.54) is 0 Å². The molecule has 3 aromatic rings. The molecule has 0 amide bonds. The van der Waals surface area contributed by atoms with Crippen LogP contribution < -0.4 is 10.5 Å². The van der Waals surface area contributed by atoms with Crippen molar-refractivity contribution in [2.24, 2.45) is 0 Å². The van der Waals surface area contributed by atoms with Gasteiger partial charge in [-0.1, -0.05) is 17.7 Å². The Morgan fingerprint density at radius 1 is 1.36 bits per heavy atom. The Morgan fingerprint density at radius 3 is 2.91 bits per heavy atom. The van der Waals surface area contributed by atoms with E-state index in [1.54, 1.807) is 47.0 Å². The molecule has 0 bridgehead atoms. The molecule has 0 aliphatic carbocycles. The Hall–Kier alpha value is -2.73. The molecule has 0 saturated carbocycles. The lowest BCUT2D eigenvalue weighted by molar-refractivity contribution is 0.0693. The number of anilines is 1. The third-order valence-electron chi connectivity index (χ3n) is 3.14. The first-order valence-corrected chi connectivity index (χ1v) is 6.81. The van der Waals surface area contributed by atoms with Gasteiger partial charge in [-0.05, 0) is 30.3 Å². The minimum absolute atomic E-state index is 0.0946. The summed E-state index contributed by atoms with van der Waals surface area (Å²) in [6, 6.07) is 10.3. The molecule has 0 atom stereocenters. The molecule has 112 valence electrons. The van der Waals surface area contributed by atoms with E-state index >= 15 is 0 Å². The molecule has 0 aliphatic heterocycles. The van der Waals surface area contributed by atoms with Gasteiger partial charge in [0.05, 0.1) is 5.69 Å². The van der Waals surface area contributed by atoms with Crippen LogP contribution in [-0.4, -0.2) is 20.5 Å². The summed E-state index contributed by atoms with van der Waals surface area (Å²) < 4.78 is 7.23. The number of ether oxygens (including phenoxy) is 1. The molecule has 0 spiro atoms. The van der Waals surface area contributed by atoms with E-state index < -0.39 is 5.97 Å². The fraction of sp³-hybridized carbons (Fsp3) is 0.0667. The number of aromatic carboxylic acids is 1. The summed E-state index contributed by atoms with van der Waals surface area (Å²) in [6.07, 6.45) is 1.70. The normalized spacial score (nSPS) is 10.8. The van der Waals surface area contributed by atoms with E-state index in [2.05, 4.69) is 4.98 Å². The Morgan fingerprint density at radius 2 is 2.18 bits per heavy atom. The number of halogens is 1. The maximum atomic E-state index is 11.3. The van der Waals surface area contributed by atoms with Gasteiger partial charge in [0.15, 0.2) is 11.5 Å². The minimum atomic E-state index is -1.13. The van der Waals surface area contributed by atoms with E-state index in [0.29, 0.717) is 27.8 Å². The molecule has 0 unspecified atom stereocenters. The number of carboxylic acids is 1. The van der Waals surface area contributed by atoms with Crippen LogP contribution >= 0.6 is 11.6 Å². The van der Waals surface area contributed by atoms with Gasteiger partial charge in [-0.25, -0.2) is 9.78 Å². The van der Waals surface area contributed by atoms with Crippen molar-refractivity contribution in [1.82, 2.24) is 9.38 Å². The lowest BCUT2D eigenvalue weighted by Gasteiger charge is -2.06. The summed E-state index contributed by atoms with van der Waals surface area (Å²) >= 11 is 5.89. The first-order chi connectivity index (χ1) is 10.6. The second kappa shape index (κ2) is 5.57. The zero-order chi connectivity index (χ0) is 15.7.